The Balaban J connectivity index is 1.87. The van der Waals surface area contributed by atoms with Crippen molar-refractivity contribution in [3.8, 4) is 0 Å². The highest BCUT2D eigenvalue weighted by atomic mass is 35.5. The summed E-state index contributed by atoms with van der Waals surface area (Å²) < 4.78 is 5.87. The number of rotatable bonds is 7. The van der Waals surface area contributed by atoms with E-state index in [-0.39, 0.29) is 34.3 Å². The number of hydrogen-bond acceptors (Lipinski definition) is 5. The molecule has 0 aromatic heterocycles. The van der Waals surface area contributed by atoms with Gasteiger partial charge in [-0.3, -0.25) is 0 Å². The van der Waals surface area contributed by atoms with E-state index in [1.165, 1.54) is 18.2 Å². The van der Waals surface area contributed by atoms with Gasteiger partial charge in [0.2, 0.25) is 5.79 Å². The summed E-state index contributed by atoms with van der Waals surface area (Å²) in [6, 6.07) is 13.9. The molecule has 1 aliphatic heterocycles. The van der Waals surface area contributed by atoms with Gasteiger partial charge in [-0.25, -0.2) is 0 Å². The molecule has 37 heavy (non-hydrogen) atoms. The fourth-order valence-corrected chi connectivity index (χ4v) is 6.21. The Labute approximate surface area is 244 Å². The van der Waals surface area contributed by atoms with E-state index in [9.17, 15) is 20.4 Å². The Bertz CT molecular complexity index is 1320. The molecular weight excluding hydrogens is 605 g/mol. The first-order valence-electron chi connectivity index (χ1n) is 11.1. The number of aliphatic hydroxyl groups is 4. The van der Waals surface area contributed by atoms with Crippen LogP contribution in [0.5, 0.6) is 0 Å². The molecule has 0 spiro atoms. The lowest BCUT2D eigenvalue weighted by Crippen LogP contribution is -2.67. The topological polar surface area (TPSA) is 90.2 Å². The molecule has 198 valence electrons. The monoisotopic (exact) mass is 624 g/mol. The summed E-state index contributed by atoms with van der Waals surface area (Å²) >= 11 is 37.3. The van der Waals surface area contributed by atoms with Crippen LogP contribution >= 0.6 is 69.6 Å². The molecular formula is C26H22Cl6O5. The Kier molecular flexibility index (Phi) is 8.67. The van der Waals surface area contributed by atoms with Gasteiger partial charge in [-0.2, -0.15) is 0 Å². The van der Waals surface area contributed by atoms with Crippen molar-refractivity contribution in [2.24, 2.45) is 0 Å². The average molecular weight is 627 g/mol. The Hall–Kier alpha value is -0.800. The van der Waals surface area contributed by atoms with Crippen molar-refractivity contribution in [2.75, 3.05) is 6.61 Å². The number of benzene rings is 3. The van der Waals surface area contributed by atoms with Gasteiger partial charge in [0, 0.05) is 49.4 Å². The molecule has 0 radical (unpaired) electrons. The number of halogens is 6. The van der Waals surface area contributed by atoms with Crippen molar-refractivity contribution in [1.29, 1.82) is 0 Å². The molecule has 1 aliphatic rings. The molecule has 0 amide bonds. The van der Waals surface area contributed by atoms with Gasteiger partial charge in [0.25, 0.3) is 0 Å². The summed E-state index contributed by atoms with van der Waals surface area (Å²) in [6.07, 6.45) is -2.45. The fourth-order valence-electron chi connectivity index (χ4n) is 4.78. The van der Waals surface area contributed by atoms with E-state index >= 15 is 0 Å². The maximum Gasteiger partial charge on any atom is 0.202 e. The van der Waals surface area contributed by atoms with Gasteiger partial charge < -0.3 is 25.2 Å². The van der Waals surface area contributed by atoms with E-state index in [1.807, 2.05) is 0 Å². The van der Waals surface area contributed by atoms with Crippen LogP contribution in [-0.4, -0.2) is 50.1 Å². The van der Waals surface area contributed by atoms with Crippen molar-refractivity contribution in [3.05, 3.63) is 101 Å². The largest absolute Gasteiger partial charge is 0.394 e. The van der Waals surface area contributed by atoms with Crippen LogP contribution in [0.2, 0.25) is 30.1 Å². The van der Waals surface area contributed by atoms with Gasteiger partial charge in [0.1, 0.15) is 11.7 Å². The van der Waals surface area contributed by atoms with Crippen LogP contribution in [0.3, 0.4) is 0 Å². The Morgan fingerprint density at radius 2 is 1.03 bits per heavy atom. The molecule has 1 heterocycles. The summed E-state index contributed by atoms with van der Waals surface area (Å²) in [5.74, 6) is -2.44. The van der Waals surface area contributed by atoms with Crippen LogP contribution in [0.4, 0.5) is 0 Å². The lowest BCUT2D eigenvalue weighted by Gasteiger charge is -2.44. The van der Waals surface area contributed by atoms with Gasteiger partial charge in [-0.1, -0.05) is 87.8 Å². The average Bonchev–Trinajstić information content (AvgIpc) is 2.97. The van der Waals surface area contributed by atoms with Crippen molar-refractivity contribution in [2.45, 2.75) is 42.4 Å². The minimum Gasteiger partial charge on any atom is -0.394 e. The van der Waals surface area contributed by atoms with Gasteiger partial charge in [-0.05, 0) is 53.1 Å². The van der Waals surface area contributed by atoms with E-state index in [1.54, 1.807) is 36.4 Å². The van der Waals surface area contributed by atoms with E-state index in [4.69, 9.17) is 74.3 Å². The molecule has 3 aromatic carbocycles. The molecule has 0 aliphatic carbocycles. The number of aliphatic hydroxyl groups excluding tert-OH is 1. The van der Waals surface area contributed by atoms with Crippen LogP contribution in [0.15, 0.2) is 54.6 Å². The molecule has 11 heteroatoms. The SMILES string of the molecule is OC[C@H]1OC(O)(Cc2ccc(Cl)cc2Cl)[C@@](O)(Cc2ccc(Cl)cc2Cl)[C@@]1(O)Cc1ccc(Cl)cc1Cl. The molecule has 4 rings (SSSR count). The van der Waals surface area contributed by atoms with Crippen LogP contribution in [0.25, 0.3) is 0 Å². The summed E-state index contributed by atoms with van der Waals surface area (Å²) in [5, 5.41) is 48.4. The molecule has 5 nitrogen and oxygen atoms in total. The van der Waals surface area contributed by atoms with Crippen molar-refractivity contribution in [3.63, 3.8) is 0 Å². The summed E-state index contributed by atoms with van der Waals surface area (Å²) in [4.78, 5) is 0. The summed E-state index contributed by atoms with van der Waals surface area (Å²) in [5.41, 5.74) is -3.52. The minimum absolute atomic E-state index is 0.201. The third-order valence-electron chi connectivity index (χ3n) is 6.78. The summed E-state index contributed by atoms with van der Waals surface area (Å²) in [6.45, 7) is -0.727. The van der Waals surface area contributed by atoms with Crippen LogP contribution in [-0.2, 0) is 24.0 Å². The predicted molar refractivity (Wildman–Crippen MR) is 147 cm³/mol. The van der Waals surface area contributed by atoms with Crippen molar-refractivity contribution < 1.29 is 25.2 Å². The molecule has 3 aromatic rings. The highest BCUT2D eigenvalue weighted by molar-refractivity contribution is 6.36. The van der Waals surface area contributed by atoms with Crippen LogP contribution < -0.4 is 0 Å². The second-order valence-electron chi connectivity index (χ2n) is 9.10. The zero-order chi connectivity index (χ0) is 27.2. The van der Waals surface area contributed by atoms with E-state index in [2.05, 4.69) is 0 Å². The highest BCUT2D eigenvalue weighted by Gasteiger charge is 2.72. The molecule has 1 unspecified atom stereocenters. The van der Waals surface area contributed by atoms with E-state index < -0.39 is 29.7 Å². The molecule has 0 bridgehead atoms. The number of ether oxygens (including phenoxy) is 1. The first-order valence-corrected chi connectivity index (χ1v) is 13.4. The lowest BCUT2D eigenvalue weighted by molar-refractivity contribution is -0.273. The Morgan fingerprint density at radius 1 is 0.622 bits per heavy atom. The zero-order valence-electron chi connectivity index (χ0n) is 19.1. The standard InChI is InChI=1S/C26H22Cl6O5/c27-17-4-1-14(20(30)7-17)10-24(34)23(13-33)37-26(36,12-16-3-6-19(29)9-22(16)32)25(24,35)11-15-2-5-18(28)8-21(15)31/h1-9,23,33-36H,10-13H2/t23-,24-,25-,26?/m1/s1. The second kappa shape index (κ2) is 11.0. The minimum atomic E-state index is -2.44. The predicted octanol–water partition coefficient (Wildman–Crippen LogP) is 6.18. The molecule has 4 N–H and O–H groups in total. The highest BCUT2D eigenvalue weighted by Crippen LogP contribution is 2.52. The third-order valence-corrected chi connectivity index (χ3v) is 8.54. The fraction of sp³-hybridized carbons (Fsp3) is 0.308. The number of hydrogen-bond donors (Lipinski definition) is 4. The van der Waals surface area contributed by atoms with Crippen molar-refractivity contribution in [1.82, 2.24) is 0 Å². The second-order valence-corrected chi connectivity index (χ2v) is 11.6. The Morgan fingerprint density at radius 3 is 1.43 bits per heavy atom. The maximum atomic E-state index is 12.3. The molecule has 4 atom stereocenters. The quantitative estimate of drug-likeness (QED) is 0.252. The van der Waals surface area contributed by atoms with Crippen LogP contribution in [0, 0.1) is 0 Å². The van der Waals surface area contributed by atoms with E-state index in [0.717, 1.165) is 0 Å². The van der Waals surface area contributed by atoms with Gasteiger partial charge >= 0.3 is 0 Å². The van der Waals surface area contributed by atoms with Crippen LogP contribution in [0.1, 0.15) is 16.7 Å². The first-order chi connectivity index (χ1) is 17.3. The van der Waals surface area contributed by atoms with Gasteiger partial charge in [-0.15, -0.1) is 0 Å². The van der Waals surface area contributed by atoms with Gasteiger partial charge in [0.15, 0.2) is 5.60 Å². The molecule has 1 saturated heterocycles. The third kappa shape index (κ3) is 5.47. The maximum absolute atomic E-state index is 12.3. The lowest BCUT2D eigenvalue weighted by atomic mass is 9.69. The normalized spacial score (nSPS) is 27.6. The molecule has 1 fully saturated rings. The summed E-state index contributed by atoms with van der Waals surface area (Å²) in [7, 11) is 0. The first kappa shape index (κ1) is 29.2. The zero-order valence-corrected chi connectivity index (χ0v) is 23.6. The molecule has 0 saturated carbocycles. The smallest absolute Gasteiger partial charge is 0.202 e. The van der Waals surface area contributed by atoms with Crippen molar-refractivity contribution >= 4 is 69.6 Å². The van der Waals surface area contributed by atoms with E-state index in [0.29, 0.717) is 31.8 Å². The van der Waals surface area contributed by atoms with Gasteiger partial charge in [0.05, 0.1) is 6.61 Å².